The Bertz CT molecular complexity index is 1580. The highest BCUT2D eigenvalue weighted by Gasteiger charge is 2.17. The predicted octanol–water partition coefficient (Wildman–Crippen LogP) is 6.99. The summed E-state index contributed by atoms with van der Waals surface area (Å²) in [5.41, 5.74) is 2.42. The Hall–Kier alpha value is -4.34. The summed E-state index contributed by atoms with van der Waals surface area (Å²) in [6.07, 6.45) is 1.62. The first kappa shape index (κ1) is 29.6. The van der Waals surface area contributed by atoms with Gasteiger partial charge in [0.25, 0.3) is 11.8 Å². The van der Waals surface area contributed by atoms with Crippen molar-refractivity contribution >= 4 is 62.9 Å². The Morgan fingerprint density at radius 1 is 0.829 bits per heavy atom. The smallest absolute Gasteiger partial charge is 0.272 e. The minimum absolute atomic E-state index is 0.0843. The lowest BCUT2D eigenvalue weighted by molar-refractivity contribution is -0.115. The van der Waals surface area contributed by atoms with Gasteiger partial charge in [-0.05, 0) is 73.2 Å². The molecule has 4 rings (SSSR count). The number of amides is 3. The van der Waals surface area contributed by atoms with Crippen molar-refractivity contribution in [1.82, 2.24) is 5.32 Å². The van der Waals surface area contributed by atoms with Gasteiger partial charge in [0, 0.05) is 32.4 Å². The largest absolute Gasteiger partial charge is 0.497 e. The third-order valence-electron chi connectivity index (χ3n) is 5.80. The van der Waals surface area contributed by atoms with Gasteiger partial charge in [-0.15, -0.1) is 11.8 Å². The van der Waals surface area contributed by atoms with E-state index in [1.807, 2.05) is 43.3 Å². The van der Waals surface area contributed by atoms with Crippen LogP contribution in [0.2, 0.25) is 0 Å². The van der Waals surface area contributed by atoms with Crippen molar-refractivity contribution in [3.8, 4) is 5.75 Å². The van der Waals surface area contributed by atoms with Gasteiger partial charge in [-0.25, -0.2) is 0 Å². The van der Waals surface area contributed by atoms with Crippen molar-refractivity contribution in [2.24, 2.45) is 0 Å². The number of carbonyl (C=O) groups is 3. The Kier molecular flexibility index (Phi) is 10.4. The SMILES string of the molecule is COc1cccc(NC(=O)C(C)Sc2cccc(NC(=O)/C(=C\c3cccc(Br)c3)NC(=O)c3ccccc3)c2)c1. The van der Waals surface area contributed by atoms with Gasteiger partial charge < -0.3 is 20.7 Å². The lowest BCUT2D eigenvalue weighted by atomic mass is 10.1. The van der Waals surface area contributed by atoms with Crippen molar-refractivity contribution in [2.45, 2.75) is 17.1 Å². The molecule has 0 fully saturated rings. The van der Waals surface area contributed by atoms with E-state index < -0.39 is 17.1 Å². The summed E-state index contributed by atoms with van der Waals surface area (Å²) in [7, 11) is 1.57. The molecule has 7 nitrogen and oxygen atoms in total. The number of methoxy groups -OCH3 is 1. The second-order valence-electron chi connectivity index (χ2n) is 8.90. The molecule has 0 spiro atoms. The first-order chi connectivity index (χ1) is 19.8. The maximum atomic E-state index is 13.4. The van der Waals surface area contributed by atoms with Crippen LogP contribution in [0.15, 0.2) is 118 Å². The van der Waals surface area contributed by atoms with Gasteiger partial charge in [-0.1, -0.05) is 58.4 Å². The number of ether oxygens (including phenoxy) is 1. The summed E-state index contributed by atoms with van der Waals surface area (Å²) in [5, 5.41) is 8.09. The van der Waals surface area contributed by atoms with E-state index in [-0.39, 0.29) is 11.6 Å². The van der Waals surface area contributed by atoms with Gasteiger partial charge in [0.05, 0.1) is 12.4 Å². The lowest BCUT2D eigenvalue weighted by Gasteiger charge is -2.14. The predicted molar refractivity (Wildman–Crippen MR) is 168 cm³/mol. The fourth-order valence-corrected chi connectivity index (χ4v) is 5.10. The molecular weight excluding hydrogens is 602 g/mol. The zero-order chi connectivity index (χ0) is 29.2. The maximum absolute atomic E-state index is 13.4. The van der Waals surface area contributed by atoms with Crippen LogP contribution in [0.5, 0.6) is 5.75 Å². The minimum atomic E-state index is -0.486. The monoisotopic (exact) mass is 629 g/mol. The molecule has 3 amide bonds. The summed E-state index contributed by atoms with van der Waals surface area (Å²) < 4.78 is 6.06. The number of carbonyl (C=O) groups excluding carboxylic acids is 3. The highest BCUT2D eigenvalue weighted by atomic mass is 79.9. The van der Waals surface area contributed by atoms with Crippen LogP contribution in [0.1, 0.15) is 22.8 Å². The van der Waals surface area contributed by atoms with Crippen LogP contribution in [-0.4, -0.2) is 30.1 Å². The molecule has 0 saturated carbocycles. The third-order valence-corrected chi connectivity index (χ3v) is 7.39. The molecular formula is C32H28BrN3O4S. The molecule has 0 aliphatic heterocycles. The normalized spacial score (nSPS) is 11.7. The molecule has 0 radical (unpaired) electrons. The first-order valence-electron chi connectivity index (χ1n) is 12.7. The fourth-order valence-electron chi connectivity index (χ4n) is 3.75. The van der Waals surface area contributed by atoms with Gasteiger partial charge in [0.1, 0.15) is 11.4 Å². The fraction of sp³-hybridized carbons (Fsp3) is 0.0938. The molecule has 9 heteroatoms. The Labute approximate surface area is 251 Å². The Balaban J connectivity index is 1.47. The zero-order valence-corrected chi connectivity index (χ0v) is 24.8. The van der Waals surface area contributed by atoms with E-state index in [0.29, 0.717) is 22.7 Å². The summed E-state index contributed by atoms with van der Waals surface area (Å²) >= 11 is 4.80. The molecule has 0 aliphatic rings. The molecule has 41 heavy (non-hydrogen) atoms. The molecule has 1 unspecified atom stereocenters. The third kappa shape index (κ3) is 8.83. The standard InChI is InChI=1S/C32H28BrN3O4S/c1-21(30(37)34-25-13-7-15-27(19-25)40-2)41-28-16-8-14-26(20-28)35-32(39)29(18-22-9-6-12-24(33)17-22)36-31(38)23-10-4-3-5-11-23/h3-21H,1-2H3,(H,34,37)(H,35,39)(H,36,38)/b29-18+. The number of halogens is 1. The average molecular weight is 631 g/mol. The second kappa shape index (κ2) is 14.3. The highest BCUT2D eigenvalue weighted by Crippen LogP contribution is 2.27. The van der Waals surface area contributed by atoms with Crippen molar-refractivity contribution < 1.29 is 19.1 Å². The summed E-state index contributed by atoms with van der Waals surface area (Å²) in [5.74, 6) is -0.400. The molecule has 4 aromatic carbocycles. The molecule has 1 atom stereocenters. The molecule has 0 heterocycles. The minimum Gasteiger partial charge on any atom is -0.497 e. The molecule has 208 valence electrons. The first-order valence-corrected chi connectivity index (χ1v) is 14.3. The molecule has 0 bridgehead atoms. The van der Waals surface area contributed by atoms with E-state index in [0.717, 1.165) is 14.9 Å². The summed E-state index contributed by atoms with van der Waals surface area (Å²) in [4.78, 5) is 39.9. The molecule has 0 saturated heterocycles. The Morgan fingerprint density at radius 3 is 2.27 bits per heavy atom. The molecule has 4 aromatic rings. The van der Waals surface area contributed by atoms with Gasteiger partial charge in [-0.2, -0.15) is 0 Å². The van der Waals surface area contributed by atoms with E-state index in [9.17, 15) is 14.4 Å². The topological polar surface area (TPSA) is 96.5 Å². The van der Waals surface area contributed by atoms with Crippen molar-refractivity contribution in [3.05, 3.63) is 124 Å². The molecule has 0 aliphatic carbocycles. The van der Waals surface area contributed by atoms with Crippen LogP contribution in [0.3, 0.4) is 0 Å². The number of benzene rings is 4. The van der Waals surface area contributed by atoms with Crippen LogP contribution in [0.25, 0.3) is 6.08 Å². The number of rotatable bonds is 10. The van der Waals surface area contributed by atoms with Crippen LogP contribution in [0.4, 0.5) is 11.4 Å². The number of anilines is 2. The van der Waals surface area contributed by atoms with E-state index in [4.69, 9.17) is 4.74 Å². The lowest BCUT2D eigenvalue weighted by Crippen LogP contribution is -2.30. The van der Waals surface area contributed by atoms with E-state index >= 15 is 0 Å². The van der Waals surface area contributed by atoms with E-state index in [1.54, 1.807) is 79.9 Å². The molecule has 0 aromatic heterocycles. The Morgan fingerprint density at radius 2 is 1.54 bits per heavy atom. The number of nitrogens with one attached hydrogen (secondary N) is 3. The van der Waals surface area contributed by atoms with Crippen molar-refractivity contribution in [2.75, 3.05) is 17.7 Å². The summed E-state index contributed by atoms with van der Waals surface area (Å²) in [6, 6.07) is 30.4. The van der Waals surface area contributed by atoms with Gasteiger partial charge in [0.15, 0.2) is 0 Å². The van der Waals surface area contributed by atoms with Crippen LogP contribution in [0, 0.1) is 0 Å². The summed E-state index contributed by atoms with van der Waals surface area (Å²) in [6.45, 7) is 1.81. The number of hydrogen-bond acceptors (Lipinski definition) is 5. The number of hydrogen-bond donors (Lipinski definition) is 3. The van der Waals surface area contributed by atoms with Crippen LogP contribution >= 0.6 is 27.7 Å². The maximum Gasteiger partial charge on any atom is 0.272 e. The highest BCUT2D eigenvalue weighted by molar-refractivity contribution is 9.10. The zero-order valence-electron chi connectivity index (χ0n) is 22.4. The van der Waals surface area contributed by atoms with Crippen LogP contribution < -0.4 is 20.7 Å². The van der Waals surface area contributed by atoms with Gasteiger partial charge >= 0.3 is 0 Å². The van der Waals surface area contributed by atoms with Crippen molar-refractivity contribution in [3.63, 3.8) is 0 Å². The second-order valence-corrected chi connectivity index (χ2v) is 11.2. The van der Waals surface area contributed by atoms with Crippen molar-refractivity contribution in [1.29, 1.82) is 0 Å². The van der Waals surface area contributed by atoms with Gasteiger partial charge in [-0.3, -0.25) is 14.4 Å². The quantitative estimate of drug-likeness (QED) is 0.130. The number of thioether (sulfide) groups is 1. The van der Waals surface area contributed by atoms with Gasteiger partial charge in [0.2, 0.25) is 5.91 Å². The molecule has 3 N–H and O–H groups in total. The van der Waals surface area contributed by atoms with E-state index in [1.165, 1.54) is 11.8 Å². The van der Waals surface area contributed by atoms with E-state index in [2.05, 4.69) is 31.9 Å². The van der Waals surface area contributed by atoms with Crippen LogP contribution in [-0.2, 0) is 9.59 Å². The average Bonchev–Trinajstić information content (AvgIpc) is 2.97.